The molecule has 2 aromatic rings. The van der Waals surface area contributed by atoms with Crippen LogP contribution < -0.4 is 5.32 Å². The first kappa shape index (κ1) is 29.7. The van der Waals surface area contributed by atoms with Crippen molar-refractivity contribution in [3.05, 3.63) is 107 Å². The van der Waals surface area contributed by atoms with Gasteiger partial charge in [0.1, 0.15) is 0 Å². The fourth-order valence-electron chi connectivity index (χ4n) is 5.19. The van der Waals surface area contributed by atoms with Gasteiger partial charge < -0.3 is 15.1 Å². The predicted octanol–water partition coefficient (Wildman–Crippen LogP) is 6.35. The molecule has 0 saturated carbocycles. The number of rotatable bonds is 11. The van der Waals surface area contributed by atoms with Gasteiger partial charge in [-0.1, -0.05) is 91.0 Å². The fraction of sp³-hybridized carbons (Fsp3) is 0.355. The highest BCUT2D eigenvalue weighted by Crippen LogP contribution is 2.34. The molecule has 0 bridgehead atoms. The molecule has 2 amide bonds. The van der Waals surface area contributed by atoms with Crippen LogP contribution in [0.3, 0.4) is 0 Å². The van der Waals surface area contributed by atoms with Crippen LogP contribution in [0.15, 0.2) is 85.5 Å². The van der Waals surface area contributed by atoms with E-state index in [1.54, 1.807) is 37.1 Å². The van der Waals surface area contributed by atoms with Gasteiger partial charge >= 0.3 is 0 Å². The molecule has 1 saturated heterocycles. The molecule has 0 aromatic heterocycles. The second-order valence-corrected chi connectivity index (χ2v) is 10.7. The summed E-state index contributed by atoms with van der Waals surface area (Å²) in [6.45, 7) is 12.1. The summed E-state index contributed by atoms with van der Waals surface area (Å²) in [5.41, 5.74) is 2.34. The molecule has 2 aromatic carbocycles. The van der Waals surface area contributed by atoms with Gasteiger partial charge in [-0.25, -0.2) is 0 Å². The smallest absolute Gasteiger partial charge is 0.253 e. The number of allylic oxidation sites excluding steroid dienone is 2. The zero-order valence-electron chi connectivity index (χ0n) is 22.3. The molecule has 1 aliphatic heterocycles. The van der Waals surface area contributed by atoms with Crippen molar-refractivity contribution in [2.24, 2.45) is 0 Å². The van der Waals surface area contributed by atoms with Crippen LogP contribution in [0.5, 0.6) is 0 Å². The Bertz CT molecular complexity index is 1170. The molecule has 0 spiro atoms. The van der Waals surface area contributed by atoms with Crippen molar-refractivity contribution in [2.45, 2.75) is 37.6 Å². The van der Waals surface area contributed by atoms with E-state index in [0.29, 0.717) is 22.2 Å². The third-order valence-electron chi connectivity index (χ3n) is 7.27. The summed E-state index contributed by atoms with van der Waals surface area (Å²) in [5.74, 6) is -0.0605. The first-order valence-electron chi connectivity index (χ1n) is 12.9. The van der Waals surface area contributed by atoms with Crippen LogP contribution in [0.4, 0.5) is 0 Å². The largest absolute Gasteiger partial charge is 0.347 e. The van der Waals surface area contributed by atoms with E-state index >= 15 is 0 Å². The van der Waals surface area contributed by atoms with Crippen LogP contribution in [0.2, 0.25) is 10.0 Å². The number of carbonyl (C=O) groups excluding carboxylic acids is 2. The lowest BCUT2D eigenvalue weighted by Crippen LogP contribution is -2.52. The van der Waals surface area contributed by atoms with E-state index in [2.05, 4.69) is 35.5 Å². The lowest BCUT2D eigenvalue weighted by Gasteiger charge is -2.43. The standard InChI is InChI=1S/C31H37Cl2N3O2/c1-5-10-24(6-2)30(38)35(4)22-26(25-13-14-28(32)29(33)21-25)15-18-36-19-16-31(17-20-36,34-23(3)37)27-11-8-7-9-12-27/h5-14,21,26H,1-2,15-20,22H2,3-4H3,(H,34,37)/b24-10+. The molecule has 0 radical (unpaired) electrons. The van der Waals surface area contributed by atoms with Crippen LogP contribution in [-0.2, 0) is 15.1 Å². The van der Waals surface area contributed by atoms with Gasteiger partial charge in [0, 0.05) is 45.1 Å². The topological polar surface area (TPSA) is 52.7 Å². The van der Waals surface area contributed by atoms with Gasteiger partial charge in [0.2, 0.25) is 5.91 Å². The number of nitrogens with one attached hydrogen (secondary N) is 1. The molecule has 38 heavy (non-hydrogen) atoms. The maximum Gasteiger partial charge on any atom is 0.253 e. The number of likely N-dealkylation sites (tertiary alicyclic amines) is 1. The van der Waals surface area contributed by atoms with E-state index in [0.717, 1.165) is 50.0 Å². The van der Waals surface area contributed by atoms with Crippen LogP contribution in [-0.4, -0.2) is 54.8 Å². The summed E-state index contributed by atoms with van der Waals surface area (Å²) < 4.78 is 0. The van der Waals surface area contributed by atoms with Crippen molar-refractivity contribution >= 4 is 35.0 Å². The number of hydrogen-bond acceptors (Lipinski definition) is 3. The monoisotopic (exact) mass is 553 g/mol. The Kier molecular flexibility index (Phi) is 10.8. The summed E-state index contributed by atoms with van der Waals surface area (Å²) in [6.07, 6.45) is 7.32. The maximum atomic E-state index is 13.0. The van der Waals surface area contributed by atoms with Crippen LogP contribution in [0.1, 0.15) is 43.2 Å². The van der Waals surface area contributed by atoms with Crippen molar-refractivity contribution in [3.8, 4) is 0 Å². The van der Waals surface area contributed by atoms with Gasteiger partial charge in [-0.05, 0) is 49.1 Å². The summed E-state index contributed by atoms with van der Waals surface area (Å²) in [7, 11) is 1.80. The Hall–Kier alpha value is -2.86. The number of halogens is 2. The van der Waals surface area contributed by atoms with Gasteiger partial charge in [-0.2, -0.15) is 0 Å². The van der Waals surface area contributed by atoms with Crippen molar-refractivity contribution < 1.29 is 9.59 Å². The van der Waals surface area contributed by atoms with Crippen LogP contribution >= 0.6 is 23.2 Å². The molecule has 1 fully saturated rings. The van der Waals surface area contributed by atoms with Gasteiger partial charge in [-0.3, -0.25) is 9.59 Å². The molecule has 1 heterocycles. The van der Waals surface area contributed by atoms with Gasteiger partial charge in [0.25, 0.3) is 5.91 Å². The molecule has 0 aliphatic carbocycles. The van der Waals surface area contributed by atoms with Crippen LogP contribution in [0, 0.1) is 0 Å². The summed E-state index contributed by atoms with van der Waals surface area (Å²) >= 11 is 12.5. The Morgan fingerprint density at radius 2 is 1.79 bits per heavy atom. The van der Waals surface area contributed by atoms with Gasteiger partial charge in [0.05, 0.1) is 15.6 Å². The Labute approximate surface area is 236 Å². The molecule has 1 atom stereocenters. The maximum absolute atomic E-state index is 13.0. The molecule has 1 N–H and O–H groups in total. The molecular formula is C31H37Cl2N3O2. The normalized spacial score (nSPS) is 16.4. The number of piperidine rings is 1. The number of carbonyl (C=O) groups is 2. The second-order valence-electron chi connectivity index (χ2n) is 9.88. The molecule has 1 unspecified atom stereocenters. The Balaban J connectivity index is 1.73. The number of amides is 2. The van der Waals surface area contributed by atoms with E-state index in [4.69, 9.17) is 23.2 Å². The minimum atomic E-state index is -0.349. The van der Waals surface area contributed by atoms with Crippen molar-refractivity contribution in [3.63, 3.8) is 0 Å². The van der Waals surface area contributed by atoms with Gasteiger partial charge in [0.15, 0.2) is 0 Å². The van der Waals surface area contributed by atoms with Crippen molar-refractivity contribution in [1.82, 2.24) is 15.1 Å². The van der Waals surface area contributed by atoms with E-state index in [1.165, 1.54) is 0 Å². The minimum absolute atomic E-state index is 0.0147. The highest BCUT2D eigenvalue weighted by atomic mass is 35.5. The lowest BCUT2D eigenvalue weighted by atomic mass is 9.80. The highest BCUT2D eigenvalue weighted by molar-refractivity contribution is 6.42. The quantitative estimate of drug-likeness (QED) is 0.260. The molecule has 1 aliphatic rings. The van der Waals surface area contributed by atoms with Crippen LogP contribution in [0.25, 0.3) is 0 Å². The average molecular weight is 555 g/mol. The third-order valence-corrected chi connectivity index (χ3v) is 8.00. The van der Waals surface area contributed by atoms with E-state index in [-0.39, 0.29) is 23.3 Å². The first-order valence-corrected chi connectivity index (χ1v) is 13.7. The molecule has 7 heteroatoms. The summed E-state index contributed by atoms with van der Waals surface area (Å²) in [5, 5.41) is 4.25. The molecule has 5 nitrogen and oxygen atoms in total. The molecule has 202 valence electrons. The predicted molar refractivity (Wildman–Crippen MR) is 158 cm³/mol. The number of hydrogen-bond donors (Lipinski definition) is 1. The Morgan fingerprint density at radius 3 is 2.37 bits per heavy atom. The zero-order valence-corrected chi connectivity index (χ0v) is 23.8. The second kappa shape index (κ2) is 13.8. The number of benzene rings is 2. The number of nitrogens with zero attached hydrogens (tertiary/aromatic N) is 2. The lowest BCUT2D eigenvalue weighted by molar-refractivity contribution is -0.126. The third kappa shape index (κ3) is 7.59. The summed E-state index contributed by atoms with van der Waals surface area (Å²) in [6, 6.07) is 15.9. The number of likely N-dealkylation sites (N-methyl/N-ethyl adjacent to an activating group) is 1. The zero-order chi connectivity index (χ0) is 27.7. The van der Waals surface area contributed by atoms with Crippen molar-refractivity contribution in [2.75, 3.05) is 33.2 Å². The fourth-order valence-corrected chi connectivity index (χ4v) is 5.50. The van der Waals surface area contributed by atoms with Gasteiger partial charge in [-0.15, -0.1) is 0 Å². The average Bonchev–Trinajstić information content (AvgIpc) is 2.91. The van der Waals surface area contributed by atoms with E-state index < -0.39 is 0 Å². The SMILES string of the molecule is C=C/C=C(\C=C)C(=O)N(C)CC(CCN1CCC(NC(C)=O)(c2ccccc2)CC1)c1ccc(Cl)c(Cl)c1. The van der Waals surface area contributed by atoms with Crippen molar-refractivity contribution in [1.29, 1.82) is 0 Å². The molecular weight excluding hydrogens is 517 g/mol. The molecule has 3 rings (SSSR count). The summed E-state index contributed by atoms with van der Waals surface area (Å²) in [4.78, 5) is 29.2. The highest BCUT2D eigenvalue weighted by Gasteiger charge is 2.37. The van der Waals surface area contributed by atoms with E-state index in [9.17, 15) is 9.59 Å². The first-order chi connectivity index (χ1) is 18.2. The minimum Gasteiger partial charge on any atom is -0.347 e. The Morgan fingerprint density at radius 1 is 1.11 bits per heavy atom. The van der Waals surface area contributed by atoms with E-state index in [1.807, 2.05) is 36.4 Å².